The Morgan fingerprint density at radius 3 is 1.71 bits per heavy atom. The van der Waals surface area contributed by atoms with Gasteiger partial charge in [0.15, 0.2) is 5.96 Å². The van der Waals surface area contributed by atoms with Crippen LogP contribution < -0.4 is 64.2 Å². The molecule has 0 aliphatic carbocycles. The van der Waals surface area contributed by atoms with Crippen molar-refractivity contribution in [2.45, 2.75) is 141 Å². The number of carbonyl (C=O) groups excluding carboxylic acids is 10. The Morgan fingerprint density at radius 2 is 1.15 bits per heavy atom. The number of hydrogen-bond acceptors (Lipinski definition) is 16. The second kappa shape index (κ2) is 32.8. The minimum atomic E-state index is -1.96. The minimum absolute atomic E-state index is 0.0538. The van der Waals surface area contributed by atoms with Crippen LogP contribution in [0.15, 0.2) is 60.7 Å². The van der Waals surface area contributed by atoms with Crippen LogP contribution in [0, 0.1) is 23.2 Å². The van der Waals surface area contributed by atoms with Crippen LogP contribution in [0.25, 0.3) is 0 Å². The number of benzene rings is 2. The molecule has 1 aliphatic heterocycles. The molecular formula is C52H79N13O15. The number of ether oxygens (including phenoxy) is 1. The first-order chi connectivity index (χ1) is 37.8. The molecule has 1 unspecified atom stereocenters. The first-order valence-electron chi connectivity index (χ1n) is 26.2. The third-order valence-corrected chi connectivity index (χ3v) is 12.5. The van der Waals surface area contributed by atoms with Gasteiger partial charge in [-0.2, -0.15) is 0 Å². The number of nitrogens with one attached hydrogen (secondary N) is 12. The van der Waals surface area contributed by atoms with Gasteiger partial charge in [-0.3, -0.25) is 48.6 Å². The monoisotopic (exact) mass is 1130 g/mol. The highest BCUT2D eigenvalue weighted by Crippen LogP contribution is 2.20. The summed E-state index contributed by atoms with van der Waals surface area (Å²) in [6, 6.07) is 0.569. The molecule has 28 heteroatoms. The lowest BCUT2D eigenvalue weighted by molar-refractivity contribution is -0.138. The van der Waals surface area contributed by atoms with E-state index in [1.807, 2.05) is 0 Å². The fraction of sp³-hybridized carbons (Fsp3) is 0.558. The van der Waals surface area contributed by atoms with E-state index in [4.69, 9.17) is 15.9 Å². The van der Waals surface area contributed by atoms with Crippen LogP contribution in [-0.4, -0.2) is 172 Å². The van der Waals surface area contributed by atoms with Crippen molar-refractivity contribution in [2.24, 2.45) is 23.5 Å². The van der Waals surface area contributed by atoms with Crippen LogP contribution in [0.1, 0.15) is 84.9 Å². The number of hydrogen-bond donors (Lipinski definition) is 17. The number of alkyl carbamates (subject to hydrolysis) is 1. The highest BCUT2D eigenvalue weighted by atomic mass is 16.5. The predicted molar refractivity (Wildman–Crippen MR) is 288 cm³/mol. The van der Waals surface area contributed by atoms with Gasteiger partial charge in [0.1, 0.15) is 54.9 Å². The number of amides is 10. The van der Waals surface area contributed by atoms with E-state index >= 15 is 0 Å². The zero-order chi connectivity index (χ0) is 59.8. The molecule has 10 amide bonds. The summed E-state index contributed by atoms with van der Waals surface area (Å²) in [4.78, 5) is 140. The molecule has 1 fully saturated rings. The van der Waals surface area contributed by atoms with Gasteiger partial charge in [0.05, 0.1) is 38.0 Å². The molecule has 3 rings (SSSR count). The van der Waals surface area contributed by atoms with Crippen molar-refractivity contribution in [1.29, 1.82) is 5.41 Å². The van der Waals surface area contributed by atoms with Crippen molar-refractivity contribution < 1.29 is 73.1 Å². The van der Waals surface area contributed by atoms with Crippen LogP contribution in [0.3, 0.4) is 0 Å². The van der Waals surface area contributed by atoms with E-state index in [1.54, 1.807) is 64.1 Å². The molecular weight excluding hydrogens is 1050 g/mol. The summed E-state index contributed by atoms with van der Waals surface area (Å²) in [5, 5.41) is 77.2. The van der Waals surface area contributed by atoms with Crippen LogP contribution in [-0.2, 0) is 54.5 Å². The van der Waals surface area contributed by atoms with Crippen molar-refractivity contribution in [1.82, 2.24) is 58.5 Å². The van der Waals surface area contributed by atoms with E-state index < -0.39 is 157 Å². The maximum absolute atomic E-state index is 14.9. The summed E-state index contributed by atoms with van der Waals surface area (Å²) in [5.74, 6) is -12.0. The average molecular weight is 1130 g/mol. The van der Waals surface area contributed by atoms with Crippen LogP contribution in [0.4, 0.5) is 4.79 Å². The summed E-state index contributed by atoms with van der Waals surface area (Å²) in [5.41, 5.74) is 6.13. The summed E-state index contributed by atoms with van der Waals surface area (Å²) >= 11 is 0. The number of nitrogens with two attached hydrogens (primary N) is 1. The summed E-state index contributed by atoms with van der Waals surface area (Å²) in [7, 11) is 0. The second-order valence-electron chi connectivity index (χ2n) is 20.3. The first kappa shape index (κ1) is 66.3. The van der Waals surface area contributed by atoms with Crippen molar-refractivity contribution in [3.63, 3.8) is 0 Å². The molecule has 11 atom stereocenters. The normalized spacial score (nSPS) is 24.6. The van der Waals surface area contributed by atoms with E-state index in [1.165, 1.54) is 38.1 Å². The van der Waals surface area contributed by atoms with Gasteiger partial charge in [-0.25, -0.2) is 4.79 Å². The Hall–Kier alpha value is -7.95. The summed E-state index contributed by atoms with van der Waals surface area (Å²) < 4.78 is 5.46. The number of rotatable bonds is 16. The molecule has 1 aliphatic rings. The van der Waals surface area contributed by atoms with Gasteiger partial charge in [-0.15, -0.1) is 0 Å². The largest absolute Gasteiger partial charge is 0.445 e. The number of aliphatic hydroxyl groups is 4. The van der Waals surface area contributed by atoms with Gasteiger partial charge in [-0.1, -0.05) is 102 Å². The molecule has 0 aromatic heterocycles. The van der Waals surface area contributed by atoms with E-state index in [0.29, 0.717) is 5.56 Å². The fourth-order valence-corrected chi connectivity index (χ4v) is 8.05. The zero-order valence-corrected chi connectivity index (χ0v) is 45.9. The molecule has 1 heterocycles. The van der Waals surface area contributed by atoms with Gasteiger partial charge >= 0.3 is 6.09 Å². The summed E-state index contributed by atoms with van der Waals surface area (Å²) in [6.07, 6.45) is -4.65. The molecule has 0 spiro atoms. The van der Waals surface area contributed by atoms with Crippen molar-refractivity contribution >= 4 is 65.2 Å². The molecule has 0 saturated carbocycles. The van der Waals surface area contributed by atoms with E-state index in [0.717, 1.165) is 6.92 Å². The first-order valence-corrected chi connectivity index (χ1v) is 26.2. The molecule has 0 radical (unpaired) electrons. The van der Waals surface area contributed by atoms with Gasteiger partial charge in [0.2, 0.25) is 53.2 Å². The van der Waals surface area contributed by atoms with Crippen LogP contribution in [0.2, 0.25) is 0 Å². The topological polar surface area (TPSA) is 443 Å². The second-order valence-corrected chi connectivity index (χ2v) is 20.3. The Labute approximate surface area is 463 Å². The van der Waals surface area contributed by atoms with Gasteiger partial charge < -0.3 is 89.4 Å². The Morgan fingerprint density at radius 1 is 0.637 bits per heavy atom. The summed E-state index contributed by atoms with van der Waals surface area (Å²) in [6.45, 7) is 7.40. The van der Waals surface area contributed by atoms with Gasteiger partial charge in [-0.05, 0) is 55.1 Å². The Bertz CT molecular complexity index is 2430. The number of aliphatic hydroxyl groups excluding tert-OH is 4. The minimum Gasteiger partial charge on any atom is -0.445 e. The SMILES string of the molecule is CC(C)C[C@@H]1NC(=O)[C@H]([C@H](O)C(C)C)NC(=O)[C@@H](NC(=O)OCc2ccccc2)[C@@H](c2ccccc2)NC(=O)C(CO)NC(=O)[C@H](CO)NC(=O)CNC(=O)[C@H]([C@H](C)O)NC(=O)[C@H](C(C)C)NC(=O)[C@@H](CCCNC(=N)N)NC1=O. The molecule has 2 aromatic carbocycles. The van der Waals surface area contributed by atoms with Gasteiger partial charge in [0, 0.05) is 6.54 Å². The highest BCUT2D eigenvalue weighted by molar-refractivity contribution is 5.99. The third kappa shape index (κ3) is 21.4. The molecule has 18 N–H and O–H groups in total. The van der Waals surface area contributed by atoms with E-state index in [-0.39, 0.29) is 49.9 Å². The molecule has 1 saturated heterocycles. The van der Waals surface area contributed by atoms with Gasteiger partial charge in [0.25, 0.3) is 0 Å². The quantitative estimate of drug-likeness (QED) is 0.0433. The Kier molecular flexibility index (Phi) is 27.2. The maximum Gasteiger partial charge on any atom is 0.408 e. The predicted octanol–water partition coefficient (Wildman–Crippen LogP) is -3.99. The van der Waals surface area contributed by atoms with Crippen LogP contribution >= 0.6 is 0 Å². The maximum atomic E-state index is 14.9. The van der Waals surface area contributed by atoms with E-state index in [9.17, 15) is 68.4 Å². The fourth-order valence-electron chi connectivity index (χ4n) is 8.05. The van der Waals surface area contributed by atoms with Crippen molar-refractivity contribution in [3.05, 3.63) is 71.8 Å². The zero-order valence-electron chi connectivity index (χ0n) is 45.9. The lowest BCUT2D eigenvalue weighted by Crippen LogP contribution is -2.64. The molecule has 2 aromatic rings. The lowest BCUT2D eigenvalue weighted by Gasteiger charge is -2.33. The van der Waals surface area contributed by atoms with E-state index in [2.05, 4.69) is 58.5 Å². The average Bonchev–Trinajstić information content (AvgIpc) is 3.41. The molecule has 0 bridgehead atoms. The number of guanidine groups is 1. The van der Waals surface area contributed by atoms with Crippen molar-refractivity contribution in [2.75, 3.05) is 26.3 Å². The van der Waals surface area contributed by atoms with Crippen LogP contribution in [0.5, 0.6) is 0 Å². The lowest BCUT2D eigenvalue weighted by atomic mass is 9.95. The standard InChI is InChI=1S/C52H79N13O15/c1-26(2)21-33-44(72)58-32(19-14-20-55-51(53)54)43(71)61-37(27(3)4)48(76)62-38(29(7)68)47(75)56-22-36(69)57-34(23-66)45(73)60-35(24-67)46(74)63-39(31-17-12-9-13-18-31)40(65-52(79)80-25-30-15-10-8-11-16-30)49(77)64-41(50(78)59-33)42(70)28(5)6/h8-13,15-18,26-29,32-35,37-42,66-68,70H,14,19-25H2,1-7H3,(H,56,75)(H,57,69)(H,58,72)(H,59,78)(H,60,73)(H,61,71)(H,62,76)(H,63,74)(H,64,77)(H,65,79)(H4,53,54,55)/t29-,32+,33-,34-,35?,37-,38-,39+,40-,41-,42+/m0/s1. The Balaban J connectivity index is 2.26. The highest BCUT2D eigenvalue weighted by Gasteiger charge is 2.41. The molecule has 442 valence electrons. The molecule has 80 heavy (non-hydrogen) atoms. The smallest absolute Gasteiger partial charge is 0.408 e. The third-order valence-electron chi connectivity index (χ3n) is 12.5. The van der Waals surface area contributed by atoms with Crippen molar-refractivity contribution in [3.8, 4) is 0 Å². The molecule has 28 nitrogen and oxygen atoms in total. The number of carbonyl (C=O) groups is 10.